The van der Waals surface area contributed by atoms with Crippen LogP contribution in [0.3, 0.4) is 0 Å². The van der Waals surface area contributed by atoms with E-state index in [0.29, 0.717) is 26.2 Å². The topological polar surface area (TPSA) is 74.7 Å². The predicted molar refractivity (Wildman–Crippen MR) is 143 cm³/mol. The molecule has 2 aromatic rings. The van der Waals surface area contributed by atoms with Crippen molar-refractivity contribution < 1.29 is 32.9 Å². The van der Waals surface area contributed by atoms with Gasteiger partial charge in [-0.05, 0) is 55.8 Å². The van der Waals surface area contributed by atoms with Crippen LogP contribution in [0.5, 0.6) is 11.5 Å². The van der Waals surface area contributed by atoms with Crippen molar-refractivity contribution >= 4 is 5.91 Å². The molecule has 0 saturated carbocycles. The summed E-state index contributed by atoms with van der Waals surface area (Å²) in [5.74, 6) is -1.32. The Morgan fingerprint density at radius 3 is 2.36 bits per heavy atom. The van der Waals surface area contributed by atoms with Crippen molar-refractivity contribution in [2.45, 2.75) is 31.4 Å². The molecule has 1 N–H and O–H groups in total. The van der Waals surface area contributed by atoms with E-state index in [1.54, 1.807) is 4.90 Å². The number of hydrogen-bond donors (Lipinski definition) is 1. The van der Waals surface area contributed by atoms with Gasteiger partial charge in [0.1, 0.15) is 36.9 Å². The van der Waals surface area contributed by atoms with Gasteiger partial charge in [-0.3, -0.25) is 14.6 Å². The summed E-state index contributed by atoms with van der Waals surface area (Å²) in [4.78, 5) is 18.7. The molecular formula is C29H39F2N3O5. The maximum absolute atomic E-state index is 13.6. The second kappa shape index (κ2) is 14.0. The Morgan fingerprint density at radius 1 is 0.897 bits per heavy atom. The first-order valence-electron chi connectivity index (χ1n) is 13.6. The number of hydrogen-bond acceptors (Lipinski definition) is 7. The second-order valence-electron chi connectivity index (χ2n) is 10.4. The molecule has 2 saturated heterocycles. The molecule has 0 bridgehead atoms. The van der Waals surface area contributed by atoms with Gasteiger partial charge in [0.25, 0.3) is 0 Å². The lowest BCUT2D eigenvalue weighted by Gasteiger charge is -2.33. The van der Waals surface area contributed by atoms with Crippen LogP contribution in [0.2, 0.25) is 0 Å². The number of methoxy groups -OCH3 is 1. The van der Waals surface area contributed by atoms with Crippen molar-refractivity contribution in [1.82, 2.24) is 14.7 Å². The summed E-state index contributed by atoms with van der Waals surface area (Å²) in [6, 6.07) is 11.1. The van der Waals surface area contributed by atoms with Crippen molar-refractivity contribution in [2.24, 2.45) is 0 Å². The van der Waals surface area contributed by atoms with Gasteiger partial charge >= 0.3 is 0 Å². The molecule has 1 amide bonds. The standard InChI is InChI=1S/C29H39F2N3O5/c1-37-19-28(35)34-14-13-33(20-29(36,21-34)22-39-25-9-10-26(30)27(31)17-25)18-23-5-7-24(8-6-23)38-16-15-32-11-3-2-4-12-32/h5-10,17,36H,2-4,11-16,18-22H2,1H3. The Morgan fingerprint density at radius 2 is 1.64 bits per heavy atom. The van der Waals surface area contributed by atoms with Gasteiger partial charge in [-0.2, -0.15) is 0 Å². The van der Waals surface area contributed by atoms with E-state index in [4.69, 9.17) is 14.2 Å². The van der Waals surface area contributed by atoms with Gasteiger partial charge in [-0.25, -0.2) is 8.78 Å². The molecule has 1 atom stereocenters. The third kappa shape index (κ3) is 8.86. The van der Waals surface area contributed by atoms with Crippen LogP contribution in [0.4, 0.5) is 8.78 Å². The van der Waals surface area contributed by atoms with Crippen molar-refractivity contribution in [3.05, 3.63) is 59.7 Å². The Balaban J connectivity index is 1.36. The molecule has 0 radical (unpaired) electrons. The van der Waals surface area contributed by atoms with E-state index in [2.05, 4.69) is 9.80 Å². The highest BCUT2D eigenvalue weighted by Gasteiger charge is 2.37. The van der Waals surface area contributed by atoms with Gasteiger partial charge in [0, 0.05) is 45.9 Å². The minimum absolute atomic E-state index is 0.0270. The third-order valence-corrected chi connectivity index (χ3v) is 7.16. The molecule has 2 fully saturated rings. The number of piperidine rings is 1. The average molecular weight is 548 g/mol. The number of aliphatic hydroxyl groups is 1. The average Bonchev–Trinajstić information content (AvgIpc) is 3.10. The number of β-amino-alcohol motifs (C(OH)–C–C–N with tert-alkyl or cyclic N) is 1. The summed E-state index contributed by atoms with van der Waals surface area (Å²) in [7, 11) is 1.45. The quantitative estimate of drug-likeness (QED) is 0.464. The van der Waals surface area contributed by atoms with E-state index < -0.39 is 17.2 Å². The van der Waals surface area contributed by atoms with Crippen molar-refractivity contribution in [2.75, 3.05) is 72.7 Å². The maximum Gasteiger partial charge on any atom is 0.248 e. The number of rotatable bonds is 11. The number of likely N-dealkylation sites (tertiary alicyclic amines) is 1. The molecule has 4 rings (SSSR count). The highest BCUT2D eigenvalue weighted by Crippen LogP contribution is 2.22. The van der Waals surface area contributed by atoms with Crippen molar-refractivity contribution in [3.8, 4) is 11.5 Å². The minimum atomic E-state index is -1.44. The lowest BCUT2D eigenvalue weighted by Crippen LogP contribution is -2.52. The van der Waals surface area contributed by atoms with Crippen molar-refractivity contribution in [3.63, 3.8) is 0 Å². The Labute approximate surface area is 229 Å². The van der Waals surface area contributed by atoms with Crippen LogP contribution in [0.15, 0.2) is 42.5 Å². The summed E-state index contributed by atoms with van der Waals surface area (Å²) in [6.07, 6.45) is 3.83. The normalized spacial score (nSPS) is 21.0. The van der Waals surface area contributed by atoms with Crippen LogP contribution in [0, 0.1) is 11.6 Å². The van der Waals surface area contributed by atoms with Crippen LogP contribution in [0.1, 0.15) is 24.8 Å². The molecule has 2 heterocycles. The Bertz CT molecular complexity index is 1070. The Kier molecular flexibility index (Phi) is 10.5. The van der Waals surface area contributed by atoms with Gasteiger partial charge in [0.15, 0.2) is 11.6 Å². The molecule has 2 aromatic carbocycles. The number of carbonyl (C=O) groups excluding carboxylic acids is 1. The first-order chi connectivity index (χ1) is 18.8. The molecule has 0 spiro atoms. The molecule has 10 heteroatoms. The third-order valence-electron chi connectivity index (χ3n) is 7.16. The van der Waals surface area contributed by atoms with Crippen LogP contribution in [-0.2, 0) is 16.1 Å². The van der Waals surface area contributed by atoms with E-state index in [9.17, 15) is 18.7 Å². The molecule has 2 aliphatic rings. The van der Waals surface area contributed by atoms with Gasteiger partial charge in [0.05, 0.1) is 6.54 Å². The number of ether oxygens (including phenoxy) is 3. The molecular weight excluding hydrogens is 508 g/mol. The zero-order valence-corrected chi connectivity index (χ0v) is 22.6. The lowest BCUT2D eigenvalue weighted by atomic mass is 10.0. The smallest absolute Gasteiger partial charge is 0.248 e. The monoisotopic (exact) mass is 547 g/mol. The minimum Gasteiger partial charge on any atom is -0.492 e. The first-order valence-corrected chi connectivity index (χ1v) is 13.6. The van der Waals surface area contributed by atoms with Gasteiger partial charge in [-0.1, -0.05) is 18.6 Å². The van der Waals surface area contributed by atoms with Crippen LogP contribution >= 0.6 is 0 Å². The summed E-state index contributed by atoms with van der Waals surface area (Å²) in [5, 5.41) is 11.5. The number of amides is 1. The number of nitrogens with zero attached hydrogens (tertiary/aromatic N) is 3. The largest absolute Gasteiger partial charge is 0.492 e. The molecule has 2 aliphatic heterocycles. The number of benzene rings is 2. The lowest BCUT2D eigenvalue weighted by molar-refractivity contribution is -0.138. The molecule has 0 aromatic heterocycles. The summed E-state index contributed by atoms with van der Waals surface area (Å²) in [5.41, 5.74) is -0.402. The van der Waals surface area contributed by atoms with E-state index in [-0.39, 0.29) is 38.0 Å². The Hall–Kier alpha value is -2.79. The first kappa shape index (κ1) is 29.2. The summed E-state index contributed by atoms with van der Waals surface area (Å²) < 4.78 is 43.5. The predicted octanol–water partition coefficient (Wildman–Crippen LogP) is 2.93. The molecule has 39 heavy (non-hydrogen) atoms. The van der Waals surface area contributed by atoms with E-state index in [1.807, 2.05) is 24.3 Å². The van der Waals surface area contributed by atoms with Crippen molar-refractivity contribution in [1.29, 1.82) is 0 Å². The van der Waals surface area contributed by atoms with Gasteiger partial charge in [0.2, 0.25) is 5.91 Å². The molecule has 1 unspecified atom stereocenters. The zero-order valence-electron chi connectivity index (χ0n) is 22.6. The summed E-state index contributed by atoms with van der Waals surface area (Å²) in [6.45, 7) is 5.32. The SMILES string of the molecule is COCC(=O)N1CCN(Cc2ccc(OCCN3CCCCC3)cc2)CC(O)(COc2ccc(F)c(F)c2)C1. The number of halogens is 2. The maximum atomic E-state index is 13.6. The summed E-state index contributed by atoms with van der Waals surface area (Å²) >= 11 is 0. The van der Waals surface area contributed by atoms with E-state index >= 15 is 0 Å². The molecule has 0 aliphatic carbocycles. The fourth-order valence-corrected chi connectivity index (χ4v) is 5.10. The number of carbonyl (C=O) groups is 1. The van der Waals surface area contributed by atoms with Crippen LogP contribution in [-0.4, -0.2) is 104 Å². The van der Waals surface area contributed by atoms with Crippen LogP contribution < -0.4 is 9.47 Å². The second-order valence-corrected chi connectivity index (χ2v) is 10.4. The zero-order chi connectivity index (χ0) is 27.7. The van der Waals surface area contributed by atoms with Gasteiger partial charge < -0.3 is 24.2 Å². The highest BCUT2D eigenvalue weighted by atomic mass is 19.2. The molecule has 8 nitrogen and oxygen atoms in total. The van der Waals surface area contributed by atoms with Gasteiger partial charge in [-0.15, -0.1) is 0 Å². The highest BCUT2D eigenvalue weighted by molar-refractivity contribution is 5.77. The fourth-order valence-electron chi connectivity index (χ4n) is 5.10. The van der Waals surface area contributed by atoms with Crippen LogP contribution in [0.25, 0.3) is 0 Å². The molecule has 214 valence electrons. The van der Waals surface area contributed by atoms with E-state index in [1.165, 1.54) is 32.4 Å². The van der Waals surface area contributed by atoms with E-state index in [0.717, 1.165) is 43.1 Å². The fraction of sp³-hybridized carbons (Fsp3) is 0.552.